The van der Waals surface area contributed by atoms with Crippen LogP contribution in [-0.2, 0) is 26.2 Å². The third-order valence-electron chi connectivity index (χ3n) is 5.42. The zero-order valence-corrected chi connectivity index (χ0v) is 21.2. The highest BCUT2D eigenvalue weighted by Crippen LogP contribution is 2.18. The number of carbonyl (C=O) groups is 2. The van der Waals surface area contributed by atoms with Crippen molar-refractivity contribution >= 4 is 21.8 Å². The molecule has 2 rings (SSSR count). The molecule has 0 aliphatic carbocycles. The minimum atomic E-state index is -3.90. The van der Waals surface area contributed by atoms with Crippen LogP contribution in [0.2, 0.25) is 0 Å². The molecule has 1 N–H and O–H groups in total. The maximum atomic E-state index is 13.4. The van der Waals surface area contributed by atoms with Crippen molar-refractivity contribution in [3.63, 3.8) is 0 Å². The van der Waals surface area contributed by atoms with Gasteiger partial charge in [0.15, 0.2) is 0 Å². The monoisotopic (exact) mass is 491 g/mol. The quantitative estimate of drug-likeness (QED) is 0.522. The summed E-state index contributed by atoms with van der Waals surface area (Å²) in [7, 11) is -2.56. The van der Waals surface area contributed by atoms with Crippen molar-refractivity contribution in [1.29, 1.82) is 0 Å². The first-order valence-corrected chi connectivity index (χ1v) is 12.7. The molecule has 0 aliphatic rings. The normalized spacial score (nSPS) is 12.6. The molecule has 9 heteroatoms. The van der Waals surface area contributed by atoms with Crippen LogP contribution in [0, 0.1) is 18.7 Å². The molecule has 0 aliphatic heterocycles. The number of hydrogen-bond acceptors (Lipinski definition) is 4. The highest BCUT2D eigenvalue weighted by atomic mass is 32.2. The topological polar surface area (TPSA) is 86.8 Å². The van der Waals surface area contributed by atoms with Crippen molar-refractivity contribution < 1.29 is 22.4 Å². The van der Waals surface area contributed by atoms with Gasteiger partial charge in [-0.15, -0.1) is 0 Å². The molecular formula is C25H34FN3O4S. The number of benzene rings is 2. The highest BCUT2D eigenvalue weighted by Gasteiger charge is 2.31. The van der Waals surface area contributed by atoms with E-state index in [1.165, 1.54) is 36.2 Å². The Bertz CT molecular complexity index is 1070. The van der Waals surface area contributed by atoms with Gasteiger partial charge in [0.1, 0.15) is 11.9 Å². The Balaban J connectivity index is 2.30. The molecule has 1 atom stereocenters. The molecule has 34 heavy (non-hydrogen) atoms. The molecule has 7 nitrogen and oxygen atoms in total. The van der Waals surface area contributed by atoms with Crippen molar-refractivity contribution in [1.82, 2.24) is 14.5 Å². The molecule has 2 aromatic rings. The smallest absolute Gasteiger partial charge is 0.243 e. The number of hydrogen-bond donors (Lipinski definition) is 1. The van der Waals surface area contributed by atoms with E-state index in [4.69, 9.17) is 0 Å². The molecule has 0 saturated heterocycles. The van der Waals surface area contributed by atoms with Gasteiger partial charge < -0.3 is 10.2 Å². The van der Waals surface area contributed by atoms with Gasteiger partial charge in [-0.3, -0.25) is 9.59 Å². The van der Waals surface area contributed by atoms with Crippen LogP contribution < -0.4 is 5.32 Å². The average molecular weight is 492 g/mol. The van der Waals surface area contributed by atoms with E-state index in [9.17, 15) is 22.4 Å². The fourth-order valence-corrected chi connectivity index (χ4v) is 4.51. The minimum absolute atomic E-state index is 0.0468. The summed E-state index contributed by atoms with van der Waals surface area (Å²) >= 11 is 0. The van der Waals surface area contributed by atoms with Gasteiger partial charge in [-0.05, 0) is 49.1 Å². The van der Waals surface area contributed by atoms with E-state index < -0.39 is 34.3 Å². The molecule has 186 valence electrons. The first-order chi connectivity index (χ1) is 15.9. The van der Waals surface area contributed by atoms with E-state index in [1.54, 1.807) is 31.2 Å². The van der Waals surface area contributed by atoms with Gasteiger partial charge in [-0.2, -0.15) is 4.31 Å². The maximum Gasteiger partial charge on any atom is 0.243 e. The van der Waals surface area contributed by atoms with Crippen LogP contribution in [0.5, 0.6) is 0 Å². The fraction of sp³-hybridized carbons (Fsp3) is 0.440. The molecule has 2 amide bonds. The lowest BCUT2D eigenvalue weighted by Crippen LogP contribution is -2.52. The summed E-state index contributed by atoms with van der Waals surface area (Å²) in [6.45, 7) is 7.64. The Labute approximate surface area is 202 Å². The number of nitrogens with zero attached hydrogens (tertiary/aromatic N) is 2. The van der Waals surface area contributed by atoms with Gasteiger partial charge in [0.25, 0.3) is 0 Å². The number of nitrogens with one attached hydrogen (secondary N) is 1. The lowest BCUT2D eigenvalue weighted by molar-refractivity contribution is -0.141. The molecule has 0 aromatic heterocycles. The molecular weight excluding hydrogens is 457 g/mol. The van der Waals surface area contributed by atoms with Gasteiger partial charge in [0, 0.05) is 20.1 Å². The Hall–Kier alpha value is -2.78. The Morgan fingerprint density at radius 3 is 2.15 bits per heavy atom. The van der Waals surface area contributed by atoms with Crippen LogP contribution in [0.4, 0.5) is 4.39 Å². The van der Waals surface area contributed by atoms with E-state index in [1.807, 2.05) is 20.8 Å². The van der Waals surface area contributed by atoms with E-state index in [-0.39, 0.29) is 23.3 Å². The van der Waals surface area contributed by atoms with Crippen LogP contribution in [-0.4, -0.2) is 55.6 Å². The molecule has 0 bridgehead atoms. The van der Waals surface area contributed by atoms with Gasteiger partial charge in [0.2, 0.25) is 21.8 Å². The lowest BCUT2D eigenvalue weighted by atomic mass is 10.1. The van der Waals surface area contributed by atoms with Crippen molar-refractivity contribution in [3.05, 3.63) is 65.5 Å². The maximum absolute atomic E-state index is 13.4. The van der Waals surface area contributed by atoms with Gasteiger partial charge in [-0.1, -0.05) is 50.6 Å². The van der Waals surface area contributed by atoms with Gasteiger partial charge >= 0.3 is 0 Å². The highest BCUT2D eigenvalue weighted by molar-refractivity contribution is 7.89. The third-order valence-corrected chi connectivity index (χ3v) is 7.24. The molecule has 0 fully saturated rings. The second-order valence-electron chi connectivity index (χ2n) is 8.79. The standard InChI is InChI=1S/C25H34FN3O4S/c1-6-23(25(31)27-15-18(2)3)29(16-20-9-11-21(26)12-10-20)24(30)17-28(5)34(32,33)22-13-7-19(4)8-14-22/h7-14,18,23H,6,15-17H2,1-5H3,(H,27,31). The minimum Gasteiger partial charge on any atom is -0.354 e. The van der Waals surface area contributed by atoms with Crippen LogP contribution in [0.1, 0.15) is 38.3 Å². The number of amides is 2. The molecule has 0 heterocycles. The van der Waals surface area contributed by atoms with Crippen LogP contribution in [0.3, 0.4) is 0 Å². The molecule has 0 spiro atoms. The van der Waals surface area contributed by atoms with Gasteiger partial charge in [-0.25, -0.2) is 12.8 Å². The summed E-state index contributed by atoms with van der Waals surface area (Å²) < 4.78 is 40.3. The van der Waals surface area contributed by atoms with E-state index in [2.05, 4.69) is 5.32 Å². The van der Waals surface area contributed by atoms with Gasteiger partial charge in [0.05, 0.1) is 11.4 Å². The van der Waals surface area contributed by atoms with Crippen LogP contribution in [0.25, 0.3) is 0 Å². The van der Waals surface area contributed by atoms with Crippen molar-refractivity contribution in [2.24, 2.45) is 5.92 Å². The zero-order valence-electron chi connectivity index (χ0n) is 20.4. The van der Waals surface area contributed by atoms with Crippen molar-refractivity contribution in [2.45, 2.75) is 51.6 Å². The largest absolute Gasteiger partial charge is 0.354 e. The SMILES string of the molecule is CCC(C(=O)NCC(C)C)N(Cc1ccc(F)cc1)C(=O)CN(C)S(=O)(=O)c1ccc(C)cc1. The first kappa shape index (κ1) is 27.5. The molecule has 2 aromatic carbocycles. The lowest BCUT2D eigenvalue weighted by Gasteiger charge is -2.32. The zero-order chi connectivity index (χ0) is 25.5. The molecule has 0 saturated carbocycles. The summed E-state index contributed by atoms with van der Waals surface area (Å²) in [5, 5.41) is 2.85. The summed E-state index contributed by atoms with van der Waals surface area (Å²) in [6.07, 6.45) is 0.339. The summed E-state index contributed by atoms with van der Waals surface area (Å²) in [5.74, 6) is -1.01. The molecule has 0 radical (unpaired) electrons. The Morgan fingerprint density at radius 2 is 1.62 bits per heavy atom. The molecule has 1 unspecified atom stereocenters. The number of carbonyl (C=O) groups excluding carboxylic acids is 2. The summed E-state index contributed by atoms with van der Waals surface area (Å²) in [4.78, 5) is 27.7. The number of rotatable bonds is 11. The average Bonchev–Trinajstić information content (AvgIpc) is 2.79. The predicted octanol–water partition coefficient (Wildman–Crippen LogP) is 3.33. The number of sulfonamides is 1. The van der Waals surface area contributed by atoms with Crippen LogP contribution in [0.15, 0.2) is 53.4 Å². The predicted molar refractivity (Wildman–Crippen MR) is 130 cm³/mol. The number of likely N-dealkylation sites (N-methyl/N-ethyl adjacent to an activating group) is 1. The summed E-state index contributed by atoms with van der Waals surface area (Å²) in [6, 6.07) is 11.2. The second kappa shape index (κ2) is 12.1. The fourth-order valence-electron chi connectivity index (χ4n) is 3.39. The van der Waals surface area contributed by atoms with E-state index >= 15 is 0 Å². The summed E-state index contributed by atoms with van der Waals surface area (Å²) in [5.41, 5.74) is 1.55. The van der Waals surface area contributed by atoms with E-state index in [0.29, 0.717) is 18.5 Å². The van der Waals surface area contributed by atoms with Crippen LogP contribution >= 0.6 is 0 Å². The van der Waals surface area contributed by atoms with Crippen molar-refractivity contribution in [3.8, 4) is 0 Å². The van der Waals surface area contributed by atoms with E-state index in [0.717, 1.165) is 9.87 Å². The second-order valence-corrected chi connectivity index (χ2v) is 10.8. The number of halogens is 1. The van der Waals surface area contributed by atoms with Crippen molar-refractivity contribution in [2.75, 3.05) is 20.1 Å². The third kappa shape index (κ3) is 7.36. The Morgan fingerprint density at radius 1 is 1.03 bits per heavy atom. The number of aryl methyl sites for hydroxylation is 1. The first-order valence-electron chi connectivity index (χ1n) is 11.3. The Kier molecular flexibility index (Phi) is 9.76.